The number of phenols is 2. The van der Waals surface area contributed by atoms with E-state index < -0.39 is 46.8 Å². The van der Waals surface area contributed by atoms with Gasteiger partial charge in [0.15, 0.2) is 0 Å². The summed E-state index contributed by atoms with van der Waals surface area (Å²) in [6, 6.07) is 30.3. The summed E-state index contributed by atoms with van der Waals surface area (Å²) in [7, 11) is 0. The summed E-state index contributed by atoms with van der Waals surface area (Å²) in [6.45, 7) is 2.16. The number of phenolic OH excluding ortho intramolecular Hbond substituents is 2. The Hall–Kier alpha value is -5.70. The van der Waals surface area contributed by atoms with Crippen LogP contribution in [0.3, 0.4) is 0 Å². The summed E-state index contributed by atoms with van der Waals surface area (Å²) in [5.41, 5.74) is 6.42. The molecular weight excluding hydrogens is 630 g/mol. The van der Waals surface area contributed by atoms with Gasteiger partial charge in [0, 0.05) is 12.5 Å². The first-order chi connectivity index (χ1) is 24.2. The molecule has 1 saturated carbocycles. The van der Waals surface area contributed by atoms with Gasteiger partial charge in [-0.25, -0.2) is 0 Å². The van der Waals surface area contributed by atoms with Gasteiger partial charge >= 0.3 is 0 Å². The Balaban J connectivity index is 1.24. The highest BCUT2D eigenvalue weighted by Crippen LogP contribution is 2.64. The number of hydrogen-bond donors (Lipinski definition) is 3. The molecule has 4 aromatic rings. The van der Waals surface area contributed by atoms with Gasteiger partial charge in [0.2, 0.25) is 11.8 Å². The maximum absolute atomic E-state index is 15.1. The third-order valence-electron chi connectivity index (χ3n) is 11.2. The summed E-state index contributed by atoms with van der Waals surface area (Å²) in [5.74, 6) is -4.41. The van der Waals surface area contributed by atoms with Gasteiger partial charge in [0.1, 0.15) is 11.5 Å². The molecule has 2 saturated heterocycles. The average molecular weight is 668 g/mol. The van der Waals surface area contributed by atoms with Crippen LogP contribution in [0.1, 0.15) is 41.0 Å². The number of aromatic hydroxyl groups is 2. The van der Waals surface area contributed by atoms with E-state index in [1.54, 1.807) is 42.5 Å². The minimum atomic E-state index is -1.39. The van der Waals surface area contributed by atoms with E-state index in [9.17, 15) is 24.6 Å². The van der Waals surface area contributed by atoms with E-state index in [2.05, 4.69) is 5.43 Å². The van der Waals surface area contributed by atoms with E-state index in [4.69, 9.17) is 0 Å². The molecule has 0 bridgehead atoms. The maximum Gasteiger partial charge on any atom is 0.260 e. The molecule has 0 spiro atoms. The number of rotatable bonds is 7. The molecule has 4 amide bonds. The first-order valence-electron chi connectivity index (χ1n) is 17.1. The van der Waals surface area contributed by atoms with E-state index in [0.29, 0.717) is 29.7 Å². The average Bonchev–Trinajstić information content (AvgIpc) is 3.49. The minimum absolute atomic E-state index is 0.0256. The molecule has 9 nitrogen and oxygen atoms in total. The van der Waals surface area contributed by atoms with Crippen LogP contribution in [0.4, 0.5) is 5.69 Å². The van der Waals surface area contributed by atoms with Crippen molar-refractivity contribution in [3.05, 3.63) is 137 Å². The molecule has 6 atom stereocenters. The molecule has 0 radical (unpaired) electrons. The number of benzene rings is 4. The molecule has 2 aliphatic carbocycles. The van der Waals surface area contributed by atoms with Gasteiger partial charge in [-0.05, 0) is 85.2 Å². The standard InChI is InChI=1S/C41H37N3O6/c1-24-10-14-28(15-11-24)42-44-38(48)34-23-33-31(18-19-32-35(33)39(49)43(37(32)47)21-20-25-12-16-29(45)17-13-25)36(26-6-5-9-30(46)22-26)41(34,40(44)50)27-7-3-2-4-8-27/h2-18,22,32-36,42,45-46H,19-21,23H2,1H3/t32-,33+,34-,35-,36-,41+/m0/s1. The van der Waals surface area contributed by atoms with Gasteiger partial charge in [-0.3, -0.25) is 29.5 Å². The van der Waals surface area contributed by atoms with Crippen LogP contribution in [-0.2, 0) is 31.0 Å². The Labute approximate surface area is 289 Å². The van der Waals surface area contributed by atoms with Crippen molar-refractivity contribution in [2.75, 3.05) is 12.0 Å². The third-order valence-corrected chi connectivity index (χ3v) is 11.2. The summed E-state index contributed by atoms with van der Waals surface area (Å²) >= 11 is 0. The number of carbonyl (C=O) groups excluding carboxylic acids is 4. The van der Waals surface area contributed by atoms with Crippen molar-refractivity contribution in [3.8, 4) is 11.5 Å². The number of likely N-dealkylation sites (tertiary alicyclic amines) is 1. The molecular formula is C41H37N3O6. The van der Waals surface area contributed by atoms with Crippen LogP contribution >= 0.6 is 0 Å². The maximum atomic E-state index is 15.1. The predicted octanol–water partition coefficient (Wildman–Crippen LogP) is 5.63. The fourth-order valence-corrected chi connectivity index (χ4v) is 9.02. The molecule has 3 fully saturated rings. The molecule has 2 aliphatic heterocycles. The monoisotopic (exact) mass is 667 g/mol. The first kappa shape index (κ1) is 31.6. The topological polar surface area (TPSA) is 127 Å². The molecule has 9 heteroatoms. The van der Waals surface area contributed by atoms with Crippen molar-refractivity contribution >= 4 is 29.3 Å². The van der Waals surface area contributed by atoms with Crippen LogP contribution in [0.5, 0.6) is 11.5 Å². The van der Waals surface area contributed by atoms with Gasteiger partial charge in [-0.2, -0.15) is 5.01 Å². The van der Waals surface area contributed by atoms with Crippen molar-refractivity contribution in [1.29, 1.82) is 0 Å². The predicted molar refractivity (Wildman–Crippen MR) is 185 cm³/mol. The minimum Gasteiger partial charge on any atom is -0.508 e. The highest BCUT2D eigenvalue weighted by atomic mass is 16.3. The number of hydrazine groups is 1. The smallest absolute Gasteiger partial charge is 0.260 e. The highest BCUT2D eigenvalue weighted by Gasteiger charge is 2.70. The van der Waals surface area contributed by atoms with Crippen LogP contribution in [0.25, 0.3) is 0 Å². The quantitative estimate of drug-likeness (QED) is 0.172. The molecule has 50 heavy (non-hydrogen) atoms. The first-order valence-corrected chi connectivity index (χ1v) is 17.1. The van der Waals surface area contributed by atoms with Gasteiger partial charge in [-0.15, -0.1) is 0 Å². The molecule has 3 N–H and O–H groups in total. The number of allylic oxidation sites excluding steroid dienone is 2. The summed E-state index contributed by atoms with van der Waals surface area (Å²) in [5, 5.41) is 21.6. The van der Waals surface area contributed by atoms with E-state index in [1.807, 2.05) is 73.7 Å². The molecule has 0 unspecified atom stereocenters. The van der Waals surface area contributed by atoms with Gasteiger partial charge < -0.3 is 10.2 Å². The van der Waals surface area contributed by atoms with E-state index >= 15 is 4.79 Å². The molecule has 4 aromatic carbocycles. The summed E-state index contributed by atoms with van der Waals surface area (Å²) < 4.78 is 0. The van der Waals surface area contributed by atoms with Gasteiger partial charge in [0.05, 0.1) is 28.9 Å². The number of fused-ring (bicyclic) bond motifs is 4. The number of amides is 4. The van der Waals surface area contributed by atoms with Crippen LogP contribution in [0.15, 0.2) is 115 Å². The van der Waals surface area contributed by atoms with Gasteiger partial charge in [0.25, 0.3) is 11.8 Å². The van der Waals surface area contributed by atoms with Crippen LogP contribution in [-0.4, -0.2) is 50.3 Å². The lowest BCUT2D eigenvalue weighted by atomic mass is 9.49. The molecule has 0 aromatic heterocycles. The summed E-state index contributed by atoms with van der Waals surface area (Å²) in [6.07, 6.45) is 3.00. The second-order valence-corrected chi connectivity index (χ2v) is 13.9. The fraction of sp³-hybridized carbons (Fsp3) is 0.268. The zero-order valence-electron chi connectivity index (χ0n) is 27.5. The Bertz CT molecular complexity index is 2040. The second kappa shape index (κ2) is 12.0. The number of nitrogens with one attached hydrogen (secondary N) is 1. The van der Waals surface area contributed by atoms with Crippen molar-refractivity contribution in [2.24, 2.45) is 23.7 Å². The molecule has 2 heterocycles. The lowest BCUT2D eigenvalue weighted by Gasteiger charge is -2.50. The van der Waals surface area contributed by atoms with Crippen molar-refractivity contribution in [1.82, 2.24) is 9.91 Å². The number of imide groups is 2. The summed E-state index contributed by atoms with van der Waals surface area (Å²) in [4.78, 5) is 59.4. The lowest BCUT2D eigenvalue weighted by Crippen LogP contribution is -2.53. The van der Waals surface area contributed by atoms with Crippen LogP contribution in [0.2, 0.25) is 0 Å². The molecule has 8 rings (SSSR count). The Morgan fingerprint density at radius 1 is 0.780 bits per heavy atom. The highest BCUT2D eigenvalue weighted by molar-refractivity contribution is 6.13. The SMILES string of the molecule is Cc1ccc(NN2C(=O)[C@@H]3C[C@@H]4C(=CC[C@@H]5C(=O)N(CCc6ccc(O)cc6)C(=O)[C@@H]54)[C@H](c4cccc(O)c4)[C@]3(c3ccccc3)C2=O)cc1. The number of carbonyl (C=O) groups is 4. The normalized spacial score (nSPS) is 27.1. The second-order valence-electron chi connectivity index (χ2n) is 13.9. The molecule has 252 valence electrons. The zero-order chi connectivity index (χ0) is 34.7. The van der Waals surface area contributed by atoms with Crippen molar-refractivity contribution in [2.45, 2.75) is 37.5 Å². The van der Waals surface area contributed by atoms with E-state index in [1.165, 1.54) is 4.90 Å². The number of nitrogens with zero attached hydrogens (tertiary/aromatic N) is 2. The lowest BCUT2D eigenvalue weighted by molar-refractivity contribution is -0.141. The Morgan fingerprint density at radius 3 is 2.24 bits per heavy atom. The van der Waals surface area contributed by atoms with Crippen molar-refractivity contribution < 1.29 is 29.4 Å². The largest absolute Gasteiger partial charge is 0.508 e. The third kappa shape index (κ3) is 4.82. The number of aryl methyl sites for hydroxylation is 1. The van der Waals surface area contributed by atoms with E-state index in [-0.39, 0.29) is 36.3 Å². The number of hydrogen-bond acceptors (Lipinski definition) is 7. The van der Waals surface area contributed by atoms with E-state index in [0.717, 1.165) is 21.7 Å². The Kier molecular flexibility index (Phi) is 7.58. The fourth-order valence-electron chi connectivity index (χ4n) is 9.02. The number of anilines is 1. The zero-order valence-corrected chi connectivity index (χ0v) is 27.5. The van der Waals surface area contributed by atoms with Crippen molar-refractivity contribution in [3.63, 3.8) is 0 Å². The van der Waals surface area contributed by atoms with Gasteiger partial charge in [-0.1, -0.05) is 83.9 Å². The van der Waals surface area contributed by atoms with Crippen LogP contribution in [0, 0.1) is 30.6 Å². The Morgan fingerprint density at radius 2 is 1.52 bits per heavy atom. The van der Waals surface area contributed by atoms with Crippen LogP contribution < -0.4 is 5.43 Å². The molecule has 4 aliphatic rings.